The third-order valence-electron chi connectivity index (χ3n) is 2.85. The number of nitrogens with zero attached hydrogens (tertiary/aromatic N) is 2. The van der Waals surface area contributed by atoms with E-state index >= 15 is 0 Å². The Bertz CT molecular complexity index is 403. The number of carbonyl (C=O) groups is 1. The summed E-state index contributed by atoms with van der Waals surface area (Å²) in [5.41, 5.74) is -0.701. The van der Waals surface area contributed by atoms with Crippen LogP contribution in [0.4, 0.5) is 9.93 Å². The number of aryl methyl sites for hydroxylation is 1. The Labute approximate surface area is 103 Å². The summed E-state index contributed by atoms with van der Waals surface area (Å²) in [5, 5.41) is 24.2. The third-order valence-corrected chi connectivity index (χ3v) is 3.84. The molecule has 3 N–H and O–H groups in total. The van der Waals surface area contributed by atoms with Crippen molar-refractivity contribution in [1.82, 2.24) is 15.5 Å². The van der Waals surface area contributed by atoms with E-state index in [2.05, 4.69) is 20.8 Å². The number of amides is 2. The van der Waals surface area contributed by atoms with Gasteiger partial charge in [0.15, 0.2) is 0 Å². The molecule has 0 atom stereocenters. The molecule has 1 aromatic rings. The maximum atomic E-state index is 11.5. The summed E-state index contributed by atoms with van der Waals surface area (Å²) in [6.45, 7) is 2.27. The van der Waals surface area contributed by atoms with Crippen molar-refractivity contribution in [1.29, 1.82) is 0 Å². The first-order valence-electron chi connectivity index (χ1n) is 5.71. The first-order chi connectivity index (χ1) is 8.11. The zero-order valence-corrected chi connectivity index (χ0v) is 10.5. The average molecular weight is 256 g/mol. The third kappa shape index (κ3) is 3.13. The van der Waals surface area contributed by atoms with Gasteiger partial charge in [0.1, 0.15) is 5.01 Å². The van der Waals surface area contributed by atoms with Crippen LogP contribution in [0, 0.1) is 0 Å². The van der Waals surface area contributed by atoms with Crippen molar-refractivity contribution in [3.05, 3.63) is 5.01 Å². The lowest BCUT2D eigenvalue weighted by Crippen LogP contribution is -2.48. The fourth-order valence-corrected chi connectivity index (χ4v) is 2.27. The topological polar surface area (TPSA) is 87.1 Å². The van der Waals surface area contributed by atoms with Gasteiger partial charge < -0.3 is 10.4 Å². The number of rotatable bonds is 4. The van der Waals surface area contributed by atoms with Gasteiger partial charge in [0.2, 0.25) is 5.13 Å². The molecule has 1 aliphatic rings. The predicted octanol–water partition coefficient (Wildman–Crippen LogP) is 1.14. The minimum absolute atomic E-state index is 0.290. The molecule has 6 nitrogen and oxygen atoms in total. The number of carbonyl (C=O) groups excluding carboxylic acids is 1. The van der Waals surface area contributed by atoms with Crippen LogP contribution in [0.5, 0.6) is 0 Å². The first-order valence-corrected chi connectivity index (χ1v) is 6.52. The highest BCUT2D eigenvalue weighted by atomic mass is 32.1. The summed E-state index contributed by atoms with van der Waals surface area (Å²) in [6, 6.07) is -0.343. The number of hydrogen-bond acceptors (Lipinski definition) is 5. The van der Waals surface area contributed by atoms with Gasteiger partial charge >= 0.3 is 6.03 Å². The van der Waals surface area contributed by atoms with Gasteiger partial charge in [-0.2, -0.15) is 0 Å². The summed E-state index contributed by atoms with van der Waals surface area (Å²) in [6.07, 6.45) is 3.34. The molecule has 0 saturated heterocycles. The van der Waals surface area contributed by atoms with Crippen LogP contribution in [0.1, 0.15) is 31.2 Å². The molecule has 0 spiro atoms. The van der Waals surface area contributed by atoms with Crippen molar-refractivity contribution in [2.24, 2.45) is 0 Å². The minimum Gasteiger partial charge on any atom is -0.388 e. The van der Waals surface area contributed by atoms with Crippen molar-refractivity contribution >= 4 is 22.5 Å². The Morgan fingerprint density at radius 3 is 2.82 bits per heavy atom. The highest BCUT2D eigenvalue weighted by Crippen LogP contribution is 2.30. The highest BCUT2D eigenvalue weighted by Gasteiger charge is 2.34. The predicted molar refractivity (Wildman–Crippen MR) is 65.1 cm³/mol. The Kier molecular flexibility index (Phi) is 3.58. The molecule has 0 aromatic carbocycles. The maximum Gasteiger partial charge on any atom is 0.321 e. The number of anilines is 1. The van der Waals surface area contributed by atoms with Crippen LogP contribution in [-0.4, -0.2) is 33.5 Å². The van der Waals surface area contributed by atoms with E-state index in [1.54, 1.807) is 0 Å². The van der Waals surface area contributed by atoms with Gasteiger partial charge in [-0.1, -0.05) is 18.3 Å². The second-order valence-electron chi connectivity index (χ2n) is 4.24. The van der Waals surface area contributed by atoms with Gasteiger partial charge in [0.05, 0.1) is 5.60 Å². The number of nitrogens with one attached hydrogen (secondary N) is 2. The van der Waals surface area contributed by atoms with Crippen molar-refractivity contribution in [3.63, 3.8) is 0 Å². The number of aromatic nitrogens is 2. The monoisotopic (exact) mass is 256 g/mol. The minimum atomic E-state index is -0.701. The molecule has 1 heterocycles. The molecule has 1 fully saturated rings. The molecule has 1 aromatic heterocycles. The fourth-order valence-electron chi connectivity index (χ4n) is 1.59. The van der Waals surface area contributed by atoms with Gasteiger partial charge in [-0.25, -0.2) is 4.79 Å². The van der Waals surface area contributed by atoms with Crippen LogP contribution in [0.15, 0.2) is 0 Å². The van der Waals surface area contributed by atoms with Crippen molar-refractivity contribution in [3.8, 4) is 0 Å². The largest absolute Gasteiger partial charge is 0.388 e. The normalized spacial score (nSPS) is 17.3. The molecule has 17 heavy (non-hydrogen) atoms. The molecule has 0 aliphatic heterocycles. The SMILES string of the molecule is CCc1nnc(NC(=O)NCC2(O)CCC2)s1. The molecule has 2 rings (SSSR count). The van der Waals surface area contributed by atoms with E-state index in [1.165, 1.54) is 11.3 Å². The first kappa shape index (κ1) is 12.3. The number of hydrogen-bond donors (Lipinski definition) is 3. The second-order valence-corrected chi connectivity index (χ2v) is 5.30. The van der Waals surface area contributed by atoms with Crippen LogP contribution >= 0.6 is 11.3 Å². The molecular weight excluding hydrogens is 240 g/mol. The van der Waals surface area contributed by atoms with E-state index in [4.69, 9.17) is 0 Å². The highest BCUT2D eigenvalue weighted by molar-refractivity contribution is 7.15. The van der Waals surface area contributed by atoms with E-state index in [1.807, 2.05) is 6.92 Å². The summed E-state index contributed by atoms with van der Waals surface area (Å²) >= 11 is 1.36. The zero-order valence-electron chi connectivity index (χ0n) is 9.69. The number of aliphatic hydroxyl groups is 1. The van der Waals surface area contributed by atoms with Crippen molar-refractivity contribution in [2.45, 2.75) is 38.2 Å². The Balaban J connectivity index is 1.76. The summed E-state index contributed by atoms with van der Waals surface area (Å²) in [7, 11) is 0. The lowest BCUT2D eigenvalue weighted by atomic mass is 9.80. The van der Waals surface area contributed by atoms with Crippen LogP contribution < -0.4 is 10.6 Å². The zero-order chi connectivity index (χ0) is 12.3. The van der Waals surface area contributed by atoms with Crippen molar-refractivity contribution < 1.29 is 9.90 Å². The van der Waals surface area contributed by atoms with Crippen LogP contribution in [0.25, 0.3) is 0 Å². The lowest BCUT2D eigenvalue weighted by molar-refractivity contribution is -0.0287. The molecule has 1 aliphatic carbocycles. The van der Waals surface area contributed by atoms with Gasteiger partial charge in [0.25, 0.3) is 0 Å². The van der Waals surface area contributed by atoms with Crippen LogP contribution in [0.3, 0.4) is 0 Å². The Hall–Kier alpha value is -1.21. The van der Waals surface area contributed by atoms with E-state index in [0.717, 1.165) is 30.7 Å². The maximum absolute atomic E-state index is 11.5. The molecule has 1 saturated carbocycles. The standard InChI is InChI=1S/C10H16N4O2S/c1-2-7-13-14-9(17-7)12-8(15)11-6-10(16)4-3-5-10/h16H,2-6H2,1H3,(H2,11,12,14,15). The number of urea groups is 1. The fraction of sp³-hybridized carbons (Fsp3) is 0.700. The summed E-state index contributed by atoms with van der Waals surface area (Å²) in [5.74, 6) is 0. The van der Waals surface area contributed by atoms with Gasteiger partial charge in [-0.3, -0.25) is 5.32 Å². The Morgan fingerprint density at radius 1 is 1.53 bits per heavy atom. The van der Waals surface area contributed by atoms with Gasteiger partial charge in [-0.15, -0.1) is 10.2 Å². The van der Waals surface area contributed by atoms with Crippen LogP contribution in [0.2, 0.25) is 0 Å². The van der Waals surface area contributed by atoms with Crippen LogP contribution in [-0.2, 0) is 6.42 Å². The summed E-state index contributed by atoms with van der Waals surface area (Å²) in [4.78, 5) is 11.5. The molecular formula is C10H16N4O2S. The smallest absolute Gasteiger partial charge is 0.321 e. The van der Waals surface area contributed by atoms with Gasteiger partial charge in [0, 0.05) is 6.54 Å². The van der Waals surface area contributed by atoms with E-state index in [-0.39, 0.29) is 12.6 Å². The molecule has 7 heteroatoms. The Morgan fingerprint density at radius 2 is 2.29 bits per heavy atom. The van der Waals surface area contributed by atoms with E-state index in [0.29, 0.717) is 5.13 Å². The molecule has 94 valence electrons. The van der Waals surface area contributed by atoms with Crippen molar-refractivity contribution in [2.75, 3.05) is 11.9 Å². The molecule has 2 amide bonds. The quantitative estimate of drug-likeness (QED) is 0.754. The molecule has 0 radical (unpaired) electrons. The lowest BCUT2D eigenvalue weighted by Gasteiger charge is -2.36. The second kappa shape index (κ2) is 4.97. The average Bonchev–Trinajstić information content (AvgIpc) is 2.71. The van der Waals surface area contributed by atoms with E-state index < -0.39 is 5.60 Å². The van der Waals surface area contributed by atoms with E-state index in [9.17, 15) is 9.90 Å². The summed E-state index contributed by atoms with van der Waals surface area (Å²) < 4.78 is 0. The van der Waals surface area contributed by atoms with Gasteiger partial charge in [-0.05, 0) is 25.7 Å². The molecule has 0 unspecified atom stereocenters. The molecule has 0 bridgehead atoms.